The molecule has 0 spiro atoms. The van der Waals surface area contributed by atoms with Gasteiger partial charge in [-0.25, -0.2) is 4.98 Å². The van der Waals surface area contributed by atoms with E-state index in [0.29, 0.717) is 37.4 Å². The van der Waals surface area contributed by atoms with Crippen molar-refractivity contribution in [1.82, 2.24) is 15.0 Å². The summed E-state index contributed by atoms with van der Waals surface area (Å²) >= 11 is 18.7. The molecule has 4 aromatic rings. The molecule has 5 nitrogen and oxygen atoms in total. The molecule has 0 fully saturated rings. The number of nitrogens with zero attached hydrogens (tertiary/aromatic N) is 3. The quantitative estimate of drug-likeness (QED) is 0.421. The lowest BCUT2D eigenvalue weighted by atomic mass is 9.97. The molecule has 4 rings (SSSR count). The smallest absolute Gasteiger partial charge is 0.147 e. The molecule has 2 N–H and O–H groups in total. The van der Waals surface area contributed by atoms with Gasteiger partial charge >= 0.3 is 0 Å². The molecule has 3 aromatic heterocycles. The Labute approximate surface area is 176 Å². The molecule has 8 heteroatoms. The highest BCUT2D eigenvalue weighted by Gasteiger charge is 2.23. The molecule has 1 aromatic carbocycles. The second kappa shape index (κ2) is 7.80. The van der Waals surface area contributed by atoms with E-state index < -0.39 is 6.04 Å². The van der Waals surface area contributed by atoms with E-state index >= 15 is 0 Å². The summed E-state index contributed by atoms with van der Waals surface area (Å²) in [5.74, 6) is 0.433. The fourth-order valence-electron chi connectivity index (χ4n) is 2.97. The van der Waals surface area contributed by atoms with Crippen molar-refractivity contribution in [1.29, 1.82) is 0 Å². The van der Waals surface area contributed by atoms with E-state index in [4.69, 9.17) is 34.8 Å². The number of nitrogens with one attached hydrogen (secondary N) is 1. The lowest BCUT2D eigenvalue weighted by Crippen LogP contribution is -2.14. The molecule has 3 heterocycles. The van der Waals surface area contributed by atoms with Crippen LogP contribution in [0.1, 0.15) is 17.2 Å². The summed E-state index contributed by atoms with van der Waals surface area (Å²) in [5, 5.41) is 16.1. The highest BCUT2D eigenvalue weighted by atomic mass is 35.5. The fourth-order valence-corrected chi connectivity index (χ4v) is 3.68. The number of aromatic nitrogens is 3. The number of phenols is 1. The molecule has 0 aliphatic rings. The summed E-state index contributed by atoms with van der Waals surface area (Å²) in [6, 6.07) is 10.0. The van der Waals surface area contributed by atoms with Crippen LogP contribution in [-0.2, 0) is 0 Å². The maximum atomic E-state index is 10.9. The molecule has 0 saturated carbocycles. The van der Waals surface area contributed by atoms with E-state index in [1.54, 1.807) is 48.9 Å². The number of fused-ring (bicyclic) bond motifs is 1. The number of hydrogen-bond donors (Lipinski definition) is 2. The van der Waals surface area contributed by atoms with Crippen molar-refractivity contribution in [3.63, 3.8) is 0 Å². The Kier molecular flexibility index (Phi) is 5.22. The third kappa shape index (κ3) is 3.56. The van der Waals surface area contributed by atoms with Gasteiger partial charge in [0.15, 0.2) is 0 Å². The molecule has 0 saturated heterocycles. The third-order valence-electron chi connectivity index (χ3n) is 4.26. The maximum Gasteiger partial charge on any atom is 0.147 e. The molecule has 1 unspecified atom stereocenters. The summed E-state index contributed by atoms with van der Waals surface area (Å²) in [6.45, 7) is 0. The number of phenolic OH excluding ortho intramolecular Hbond substituents is 1. The van der Waals surface area contributed by atoms with Crippen LogP contribution in [0.25, 0.3) is 10.9 Å². The molecular weight excluding hydrogens is 419 g/mol. The average Bonchev–Trinajstić information content (AvgIpc) is 2.71. The Morgan fingerprint density at radius 3 is 2.50 bits per heavy atom. The number of aromatic hydroxyl groups is 1. The monoisotopic (exact) mass is 430 g/mol. The van der Waals surface area contributed by atoms with Crippen molar-refractivity contribution in [3.8, 4) is 5.75 Å². The van der Waals surface area contributed by atoms with E-state index in [9.17, 15) is 5.11 Å². The number of halogens is 3. The molecule has 28 heavy (non-hydrogen) atoms. The number of rotatable bonds is 4. The van der Waals surface area contributed by atoms with Crippen molar-refractivity contribution < 1.29 is 5.11 Å². The maximum absolute atomic E-state index is 10.9. The second-order valence-corrected chi connectivity index (χ2v) is 7.29. The zero-order valence-corrected chi connectivity index (χ0v) is 16.5. The van der Waals surface area contributed by atoms with Crippen LogP contribution in [0, 0.1) is 0 Å². The Balaban J connectivity index is 1.89. The summed E-state index contributed by atoms with van der Waals surface area (Å²) in [5.41, 5.74) is 1.73. The lowest BCUT2D eigenvalue weighted by molar-refractivity contribution is 0.471. The van der Waals surface area contributed by atoms with E-state index in [-0.39, 0.29) is 5.75 Å². The standard InChI is InChI=1S/C20H13Cl3N4O/c21-12-7-16(23)20(26-10-12)27-17(11-3-1-5-24-9-11)14-8-15(22)13-4-2-6-25-18(13)19(14)28/h1-10,17,28H,(H,26,27). The third-order valence-corrected chi connectivity index (χ3v) is 5.07. The number of pyridine rings is 3. The van der Waals surface area contributed by atoms with Crippen LogP contribution in [-0.4, -0.2) is 20.1 Å². The number of benzene rings is 1. The zero-order valence-electron chi connectivity index (χ0n) is 14.3. The SMILES string of the molecule is Oc1c(C(Nc2ncc(Cl)cc2Cl)c2cccnc2)cc(Cl)c2cccnc12. The first kappa shape index (κ1) is 18.7. The van der Waals surface area contributed by atoms with Gasteiger partial charge in [-0.2, -0.15) is 0 Å². The molecule has 0 radical (unpaired) electrons. The first-order valence-corrected chi connectivity index (χ1v) is 9.41. The van der Waals surface area contributed by atoms with Gasteiger partial charge in [0.2, 0.25) is 0 Å². The molecular formula is C20H13Cl3N4O. The highest BCUT2D eigenvalue weighted by Crippen LogP contribution is 2.40. The minimum Gasteiger partial charge on any atom is -0.505 e. The Morgan fingerprint density at radius 1 is 0.929 bits per heavy atom. The summed E-state index contributed by atoms with van der Waals surface area (Å²) in [7, 11) is 0. The summed E-state index contributed by atoms with van der Waals surface area (Å²) < 4.78 is 0. The fraction of sp³-hybridized carbons (Fsp3) is 0.0500. The molecule has 0 bridgehead atoms. The summed E-state index contributed by atoms with van der Waals surface area (Å²) in [4.78, 5) is 12.7. The normalized spacial score (nSPS) is 12.1. The van der Waals surface area contributed by atoms with Crippen LogP contribution in [0.5, 0.6) is 5.75 Å². The predicted molar refractivity (Wildman–Crippen MR) is 112 cm³/mol. The first-order chi connectivity index (χ1) is 13.5. The molecule has 0 aliphatic heterocycles. The Hall–Kier alpha value is -2.60. The zero-order chi connectivity index (χ0) is 19.7. The Bertz CT molecular complexity index is 1150. The van der Waals surface area contributed by atoms with Crippen molar-refractivity contribution in [2.75, 3.05) is 5.32 Å². The van der Waals surface area contributed by atoms with Crippen molar-refractivity contribution in [2.24, 2.45) is 0 Å². The van der Waals surface area contributed by atoms with Gasteiger partial charge in [-0.3, -0.25) is 9.97 Å². The first-order valence-electron chi connectivity index (χ1n) is 8.28. The van der Waals surface area contributed by atoms with Gasteiger partial charge in [0.1, 0.15) is 17.1 Å². The van der Waals surface area contributed by atoms with Crippen molar-refractivity contribution >= 4 is 51.5 Å². The summed E-state index contributed by atoms with van der Waals surface area (Å²) in [6.07, 6.45) is 6.46. The number of anilines is 1. The van der Waals surface area contributed by atoms with E-state index in [1.807, 2.05) is 6.07 Å². The largest absolute Gasteiger partial charge is 0.505 e. The topological polar surface area (TPSA) is 70.9 Å². The van der Waals surface area contributed by atoms with Crippen LogP contribution < -0.4 is 5.32 Å². The van der Waals surface area contributed by atoms with Gasteiger partial charge in [-0.1, -0.05) is 40.9 Å². The van der Waals surface area contributed by atoms with Gasteiger partial charge in [0.05, 0.1) is 21.1 Å². The molecule has 1 atom stereocenters. The Morgan fingerprint density at radius 2 is 1.75 bits per heavy atom. The second-order valence-electron chi connectivity index (χ2n) is 6.04. The van der Waals surface area contributed by atoms with E-state index in [1.165, 1.54) is 6.20 Å². The van der Waals surface area contributed by atoms with Crippen LogP contribution >= 0.6 is 34.8 Å². The van der Waals surface area contributed by atoms with E-state index in [2.05, 4.69) is 20.3 Å². The highest BCUT2D eigenvalue weighted by molar-refractivity contribution is 6.36. The van der Waals surface area contributed by atoms with Crippen LogP contribution in [0.4, 0.5) is 5.82 Å². The van der Waals surface area contributed by atoms with Crippen molar-refractivity contribution in [3.05, 3.63) is 87.4 Å². The lowest BCUT2D eigenvalue weighted by Gasteiger charge is -2.22. The molecule has 0 aliphatic carbocycles. The van der Waals surface area contributed by atoms with Gasteiger partial charge < -0.3 is 10.4 Å². The van der Waals surface area contributed by atoms with Crippen molar-refractivity contribution in [2.45, 2.75) is 6.04 Å². The van der Waals surface area contributed by atoms with Gasteiger partial charge in [0, 0.05) is 35.7 Å². The average molecular weight is 432 g/mol. The minimum absolute atomic E-state index is 0.0199. The van der Waals surface area contributed by atoms with E-state index in [0.717, 1.165) is 5.56 Å². The van der Waals surface area contributed by atoms with Gasteiger partial charge in [0.25, 0.3) is 0 Å². The van der Waals surface area contributed by atoms with Crippen LogP contribution in [0.15, 0.2) is 61.2 Å². The van der Waals surface area contributed by atoms with Gasteiger partial charge in [-0.05, 0) is 35.9 Å². The minimum atomic E-state index is -0.524. The van der Waals surface area contributed by atoms with Gasteiger partial charge in [-0.15, -0.1) is 0 Å². The van der Waals surface area contributed by atoms with Crippen LogP contribution in [0.2, 0.25) is 15.1 Å². The molecule has 0 amide bonds. The predicted octanol–water partition coefficient (Wildman–Crippen LogP) is 5.89. The number of hydrogen-bond acceptors (Lipinski definition) is 5. The molecule has 140 valence electrons. The van der Waals surface area contributed by atoms with Crippen LogP contribution in [0.3, 0.4) is 0 Å².